The van der Waals surface area contributed by atoms with Crippen LogP contribution in [0.3, 0.4) is 0 Å². The minimum absolute atomic E-state index is 0.0358. The van der Waals surface area contributed by atoms with Gasteiger partial charge < -0.3 is 16.2 Å². The predicted octanol–water partition coefficient (Wildman–Crippen LogP) is 5.01. The summed E-state index contributed by atoms with van der Waals surface area (Å²) >= 11 is 3.63. The van der Waals surface area contributed by atoms with Gasteiger partial charge >= 0.3 is 10.4 Å². The second-order valence-corrected chi connectivity index (χ2v) is 19.7. The Labute approximate surface area is 368 Å². The Bertz CT molecular complexity index is 3150. The van der Waals surface area contributed by atoms with Gasteiger partial charge in [0.05, 0.1) is 23.9 Å². The fourth-order valence-corrected chi connectivity index (χ4v) is 7.92. The Balaban J connectivity index is 0.00000124. The van der Waals surface area contributed by atoms with Crippen LogP contribution < -0.4 is 16.8 Å². The van der Waals surface area contributed by atoms with Crippen molar-refractivity contribution in [2.45, 2.75) is 45.3 Å². The number of rotatable bonds is 16. The number of hydrogen-bond donors (Lipinski definition) is 10. The van der Waals surface area contributed by atoms with Gasteiger partial charge in [0.1, 0.15) is 42.3 Å². The fraction of sp³-hybridized carbons (Fsp3) is 0.194. The molecular weight excluding hydrogens is 987 g/mol. The van der Waals surface area contributed by atoms with Crippen molar-refractivity contribution in [2.75, 3.05) is 23.4 Å². The summed E-state index contributed by atoms with van der Waals surface area (Å²) in [6.45, 7) is 2.20. The average molecular weight is 1020 g/mol. The standard InChI is InChI=1S/C29H28F2N8O13S4.C2H6O4S2/c1-14(9-23(30)34-13-29(2,31)33)35-16-7-8-20(54(44,45)46)18(12-16)37-39-27-22(56(50,51)52)11-15-10-21(55(47,48)49)26(25(32)24(15)28(27)40)38-36-17-5-3-4-6-19(17)53(41,42)43;3-8(4,5)6-1-2-7/h3-14,35,40H,32-33H2,1-2H3,(H,41,42,43)(H,44,45,46)(H,47,48,49)(H,50,51,52);7H,1-2H2,(H,3,4,5)/b23-9-,34-13-,38-36?,39-37?;. The third-order valence-corrected chi connectivity index (χ3v) is 11.5. The van der Waals surface area contributed by atoms with E-state index >= 15 is 0 Å². The highest BCUT2D eigenvalue weighted by Gasteiger charge is 2.29. The molecule has 4 aromatic carbocycles. The Kier molecular flexibility index (Phi) is 16.9. The zero-order valence-corrected chi connectivity index (χ0v) is 37.1. The van der Waals surface area contributed by atoms with Gasteiger partial charge in [-0.15, -0.1) is 20.5 Å². The van der Waals surface area contributed by atoms with Gasteiger partial charge in [-0.25, -0.2) is 13.6 Å². The summed E-state index contributed by atoms with van der Waals surface area (Å²) in [4.78, 5) is -0.938. The summed E-state index contributed by atoms with van der Waals surface area (Å²) in [6, 6.07) is 7.33. The van der Waals surface area contributed by atoms with Crippen molar-refractivity contribution in [3.05, 3.63) is 66.6 Å². The number of azo groups is 2. The van der Waals surface area contributed by atoms with Gasteiger partial charge in [0.25, 0.3) is 40.5 Å². The zero-order valence-electron chi connectivity index (χ0n) is 32.2. The predicted molar refractivity (Wildman–Crippen MR) is 226 cm³/mol. The quantitative estimate of drug-likeness (QED) is 0.0176. The lowest BCUT2D eigenvalue weighted by atomic mass is 10.1. The molecule has 2 unspecified atom stereocenters. The number of nitrogens with one attached hydrogen (secondary N) is 1. The van der Waals surface area contributed by atoms with Crippen molar-refractivity contribution in [1.29, 1.82) is 0 Å². The molecule has 0 heterocycles. The van der Waals surface area contributed by atoms with Crippen LogP contribution in [0.2, 0.25) is 0 Å². The maximum absolute atomic E-state index is 14.2. The fourth-order valence-electron chi connectivity index (χ4n) is 4.86. The number of aliphatic imine (C=N–C) groups is 1. The molecule has 64 heavy (non-hydrogen) atoms. The minimum atomic E-state index is -5.43. The lowest BCUT2D eigenvalue weighted by molar-refractivity contribution is 0.285. The van der Waals surface area contributed by atoms with E-state index in [2.05, 4.69) is 47.6 Å². The van der Waals surface area contributed by atoms with Crippen molar-refractivity contribution in [3.63, 3.8) is 0 Å². The molecule has 0 aliphatic carbocycles. The Morgan fingerprint density at radius 1 is 0.797 bits per heavy atom. The average Bonchev–Trinajstić information content (AvgIpc) is 3.13. The molecule has 25 nitrogen and oxygen atoms in total. The maximum atomic E-state index is 14.2. The molecule has 0 aliphatic heterocycles. The van der Waals surface area contributed by atoms with Crippen LogP contribution in [0, 0.1) is 0 Å². The number of halogens is 2. The molecular formula is C31H34F2N8O17S6. The van der Waals surface area contributed by atoms with Crippen molar-refractivity contribution >= 4 is 115 Å². The van der Waals surface area contributed by atoms with Crippen LogP contribution in [0.25, 0.3) is 10.8 Å². The van der Waals surface area contributed by atoms with Crippen LogP contribution >= 0.6 is 12.6 Å². The number of phenolic OH excluding ortho intramolecular Hbond substituents is 1. The van der Waals surface area contributed by atoms with E-state index in [0.29, 0.717) is 18.3 Å². The lowest BCUT2D eigenvalue weighted by Gasteiger charge is -2.14. The van der Waals surface area contributed by atoms with Crippen LogP contribution in [0.4, 0.5) is 42.9 Å². The molecule has 0 bridgehead atoms. The number of phenols is 1. The first-order valence-electron chi connectivity index (χ1n) is 16.6. The van der Waals surface area contributed by atoms with E-state index in [0.717, 1.165) is 43.3 Å². The zero-order chi connectivity index (χ0) is 48.8. The number of thiol groups is 1. The normalized spacial score (nSPS) is 14.8. The highest BCUT2D eigenvalue weighted by atomic mass is 32.3. The first kappa shape index (κ1) is 53.2. The number of aromatic hydroxyl groups is 1. The van der Waals surface area contributed by atoms with Crippen molar-refractivity contribution in [2.24, 2.45) is 31.2 Å². The first-order valence-corrected chi connectivity index (χ1v) is 24.4. The maximum Gasteiger partial charge on any atom is 0.397 e. The van der Waals surface area contributed by atoms with Crippen molar-refractivity contribution in [1.82, 2.24) is 0 Å². The molecule has 4 rings (SSSR count). The largest absolute Gasteiger partial charge is 0.505 e. The van der Waals surface area contributed by atoms with Crippen molar-refractivity contribution < 1.29 is 82.9 Å². The Hall–Kier alpha value is -5.17. The van der Waals surface area contributed by atoms with Gasteiger partial charge in [0.15, 0.2) is 11.5 Å². The number of fused-ring (bicyclic) bond motifs is 1. The highest BCUT2D eigenvalue weighted by molar-refractivity contribution is 7.86. The summed E-state index contributed by atoms with van der Waals surface area (Å²) in [5, 5.41) is 27.2. The topological polar surface area (TPSA) is 427 Å². The van der Waals surface area contributed by atoms with Gasteiger partial charge in [0, 0.05) is 17.5 Å². The molecule has 0 radical (unpaired) electrons. The van der Waals surface area contributed by atoms with E-state index < -0.39 is 133 Å². The molecule has 0 saturated carbocycles. The van der Waals surface area contributed by atoms with E-state index in [-0.39, 0.29) is 18.0 Å². The van der Waals surface area contributed by atoms with Crippen LogP contribution in [0.1, 0.15) is 13.8 Å². The number of nitrogen functional groups attached to an aromatic ring is 1. The molecule has 0 fully saturated rings. The third-order valence-electron chi connectivity index (χ3n) is 7.31. The number of hydrogen-bond acceptors (Lipinski definition) is 21. The van der Waals surface area contributed by atoms with E-state index in [1.165, 1.54) is 19.1 Å². The van der Waals surface area contributed by atoms with Crippen LogP contribution in [0.5, 0.6) is 5.75 Å². The lowest BCUT2D eigenvalue weighted by Crippen LogP contribution is -2.31. The summed E-state index contributed by atoms with van der Waals surface area (Å²) in [5.74, 6) is -4.61. The van der Waals surface area contributed by atoms with E-state index in [1.807, 2.05) is 0 Å². The SMILES string of the molecule is CC(/C=C(F)\N=C/C(C)(N)F)Nc1ccc(S(=O)(=O)O)c(N=Nc2c(S(=O)(=O)O)cc3cc(S(=O)(=O)O)c(N=Nc4ccccc4S(=O)(=O)O)c(N)c3c2O)c1.O=S(=O)(O)OCCS. The molecule has 0 saturated heterocycles. The molecule has 11 N–H and O–H groups in total. The molecule has 33 heteroatoms. The van der Waals surface area contributed by atoms with Gasteiger partial charge in [0.2, 0.25) is 5.95 Å². The Morgan fingerprint density at radius 2 is 1.30 bits per heavy atom. The number of alkyl halides is 1. The van der Waals surface area contributed by atoms with Crippen LogP contribution in [0.15, 0.2) is 112 Å². The number of anilines is 2. The van der Waals surface area contributed by atoms with Gasteiger partial charge in [-0.05, 0) is 67.8 Å². The molecule has 0 aromatic heterocycles. The second kappa shape index (κ2) is 20.3. The van der Waals surface area contributed by atoms with Gasteiger partial charge in [-0.1, -0.05) is 12.1 Å². The second-order valence-electron chi connectivity index (χ2n) is 12.6. The first-order chi connectivity index (χ1) is 29.1. The van der Waals surface area contributed by atoms with E-state index in [9.17, 15) is 74.2 Å². The smallest absolute Gasteiger partial charge is 0.397 e. The third kappa shape index (κ3) is 15.2. The van der Waals surface area contributed by atoms with E-state index in [1.54, 1.807) is 0 Å². The molecule has 0 spiro atoms. The summed E-state index contributed by atoms with van der Waals surface area (Å²) in [7, 11) is -25.0. The summed E-state index contributed by atoms with van der Waals surface area (Å²) < 4.78 is 196. The molecule has 0 aliphatic rings. The van der Waals surface area contributed by atoms with Gasteiger partial charge in [-0.3, -0.25) is 28.5 Å². The monoisotopic (exact) mass is 1020 g/mol. The minimum Gasteiger partial charge on any atom is -0.505 e. The molecule has 350 valence electrons. The van der Waals surface area contributed by atoms with Gasteiger partial charge in [-0.2, -0.15) is 59.1 Å². The molecule has 0 amide bonds. The number of nitrogens with two attached hydrogens (primary N) is 2. The highest BCUT2D eigenvalue weighted by Crippen LogP contribution is 2.48. The van der Waals surface area contributed by atoms with Crippen molar-refractivity contribution in [3.8, 4) is 5.75 Å². The summed E-state index contributed by atoms with van der Waals surface area (Å²) in [5.41, 5.74) is 6.91. The molecule has 2 atom stereocenters. The Morgan fingerprint density at radius 3 is 1.80 bits per heavy atom. The van der Waals surface area contributed by atoms with E-state index in [4.69, 9.17) is 16.0 Å². The summed E-state index contributed by atoms with van der Waals surface area (Å²) in [6.07, 6.45) is 1.36. The molecule has 4 aromatic rings. The number of nitrogens with zero attached hydrogens (tertiary/aromatic N) is 5. The van der Waals surface area contributed by atoms with Crippen LogP contribution in [-0.4, -0.2) is 100 Å². The number of benzene rings is 4. The van der Waals surface area contributed by atoms with Crippen LogP contribution in [-0.2, 0) is 55.1 Å².